The molecule has 2 aromatic carbocycles. The highest BCUT2D eigenvalue weighted by atomic mass is 32.1. The van der Waals surface area contributed by atoms with Crippen LogP contribution in [0.1, 0.15) is 53.9 Å². The normalized spacial score (nSPS) is 15.2. The zero-order valence-corrected chi connectivity index (χ0v) is 17.0. The lowest BCUT2D eigenvalue weighted by Gasteiger charge is -2.15. The number of carbonyl (C=O) groups is 1. The Balaban J connectivity index is 1.40. The summed E-state index contributed by atoms with van der Waals surface area (Å²) >= 11 is 1.32. The molecule has 3 aromatic rings. The molecule has 4 rings (SSSR count). The third-order valence-electron chi connectivity index (χ3n) is 5.09. The largest absolute Gasteiger partial charge is 0.490 e. The molecule has 1 aliphatic rings. The van der Waals surface area contributed by atoms with Gasteiger partial charge in [-0.1, -0.05) is 6.07 Å². The molecule has 4 nitrogen and oxygen atoms in total. The molecule has 1 unspecified atom stereocenters. The van der Waals surface area contributed by atoms with Gasteiger partial charge in [0.25, 0.3) is 0 Å². The van der Waals surface area contributed by atoms with Crippen molar-refractivity contribution in [3.8, 4) is 22.8 Å². The molecule has 0 amide bonds. The molecule has 1 heterocycles. The van der Waals surface area contributed by atoms with Crippen LogP contribution in [-0.2, 0) is 0 Å². The number of aromatic nitrogens is 1. The monoisotopic (exact) mass is 411 g/mol. The molecule has 0 N–H and O–H groups in total. The van der Waals surface area contributed by atoms with Gasteiger partial charge in [0.05, 0.1) is 22.2 Å². The molecule has 1 atom stereocenters. The Labute approximate surface area is 173 Å². The Hall–Kier alpha value is -2.73. The van der Waals surface area contributed by atoms with Gasteiger partial charge in [0.1, 0.15) is 23.4 Å². The standard InChI is InChI=1S/C23H22FNO3S/c1-15(27-19-8-10-20(11-9-19)28-18-4-2-3-5-18)23-13-22(25-29-23)16-6-7-17(14-26)21(24)12-16/h6-15,18H,2-5H2,1H3. The third-order valence-corrected chi connectivity index (χ3v) is 6.04. The number of rotatable bonds is 7. The summed E-state index contributed by atoms with van der Waals surface area (Å²) in [4.78, 5) is 11.7. The molecule has 0 radical (unpaired) electrons. The maximum Gasteiger partial charge on any atom is 0.152 e. The minimum absolute atomic E-state index is 0.0428. The Morgan fingerprint density at radius 3 is 2.52 bits per heavy atom. The number of ether oxygens (including phenoxy) is 2. The van der Waals surface area contributed by atoms with E-state index in [-0.39, 0.29) is 11.7 Å². The molecule has 29 heavy (non-hydrogen) atoms. The number of hydrogen-bond acceptors (Lipinski definition) is 5. The van der Waals surface area contributed by atoms with Crippen molar-refractivity contribution in [1.82, 2.24) is 4.37 Å². The fourth-order valence-electron chi connectivity index (χ4n) is 3.46. The Morgan fingerprint density at radius 1 is 1.10 bits per heavy atom. The van der Waals surface area contributed by atoms with Gasteiger partial charge in [-0.15, -0.1) is 0 Å². The first-order valence-corrected chi connectivity index (χ1v) is 10.5. The highest BCUT2D eigenvalue weighted by Gasteiger charge is 2.17. The molecule has 6 heteroatoms. The van der Waals surface area contributed by atoms with Crippen LogP contribution in [0, 0.1) is 5.82 Å². The van der Waals surface area contributed by atoms with Gasteiger partial charge in [-0.2, -0.15) is 4.37 Å². The molecule has 0 saturated heterocycles. The van der Waals surface area contributed by atoms with Crippen LogP contribution in [0.15, 0.2) is 48.5 Å². The zero-order chi connectivity index (χ0) is 20.2. The van der Waals surface area contributed by atoms with Crippen molar-refractivity contribution >= 4 is 17.8 Å². The van der Waals surface area contributed by atoms with E-state index < -0.39 is 5.82 Å². The number of nitrogens with zero attached hydrogens (tertiary/aromatic N) is 1. The highest BCUT2D eigenvalue weighted by Crippen LogP contribution is 2.31. The number of halogens is 1. The van der Waals surface area contributed by atoms with E-state index >= 15 is 0 Å². The molecule has 1 aliphatic carbocycles. The van der Waals surface area contributed by atoms with Gasteiger partial charge >= 0.3 is 0 Å². The van der Waals surface area contributed by atoms with Crippen molar-refractivity contribution in [2.45, 2.75) is 44.8 Å². The van der Waals surface area contributed by atoms with Crippen LogP contribution >= 0.6 is 11.5 Å². The van der Waals surface area contributed by atoms with E-state index in [9.17, 15) is 9.18 Å². The van der Waals surface area contributed by atoms with Crippen molar-refractivity contribution in [3.63, 3.8) is 0 Å². The Kier molecular flexibility index (Phi) is 5.90. The van der Waals surface area contributed by atoms with Crippen LogP contribution in [0.3, 0.4) is 0 Å². The summed E-state index contributed by atoms with van der Waals surface area (Å²) in [5.41, 5.74) is 1.34. The molecular weight excluding hydrogens is 389 g/mol. The van der Waals surface area contributed by atoms with E-state index in [1.807, 2.05) is 37.3 Å². The summed E-state index contributed by atoms with van der Waals surface area (Å²) in [7, 11) is 0. The summed E-state index contributed by atoms with van der Waals surface area (Å²) in [5.74, 6) is 1.08. The first-order chi connectivity index (χ1) is 14.1. The summed E-state index contributed by atoms with van der Waals surface area (Å²) in [6.07, 6.45) is 5.40. The Morgan fingerprint density at radius 2 is 1.83 bits per heavy atom. The SMILES string of the molecule is CC(Oc1ccc(OC2CCCC2)cc1)c1cc(-c2ccc(C=O)c(F)c2)ns1. The van der Waals surface area contributed by atoms with Crippen molar-refractivity contribution < 1.29 is 18.7 Å². The molecule has 150 valence electrons. The molecule has 1 saturated carbocycles. The number of aldehydes is 1. The van der Waals surface area contributed by atoms with E-state index in [1.165, 1.54) is 36.5 Å². The average molecular weight is 411 g/mol. The van der Waals surface area contributed by atoms with Crippen LogP contribution < -0.4 is 9.47 Å². The summed E-state index contributed by atoms with van der Waals surface area (Å²) in [6.45, 7) is 1.95. The van der Waals surface area contributed by atoms with Crippen LogP contribution in [0.4, 0.5) is 4.39 Å². The quantitative estimate of drug-likeness (QED) is 0.433. The van der Waals surface area contributed by atoms with Crippen molar-refractivity contribution in [3.05, 3.63) is 64.8 Å². The van der Waals surface area contributed by atoms with Gasteiger partial charge in [0.15, 0.2) is 6.29 Å². The summed E-state index contributed by atoms with van der Waals surface area (Å²) in [5, 5.41) is 0. The second kappa shape index (κ2) is 8.74. The lowest BCUT2D eigenvalue weighted by Crippen LogP contribution is -2.10. The van der Waals surface area contributed by atoms with Gasteiger partial charge in [-0.05, 0) is 86.6 Å². The fraction of sp³-hybridized carbons (Fsp3) is 0.304. The molecule has 1 aromatic heterocycles. The molecule has 1 fully saturated rings. The molecule has 0 bridgehead atoms. The maximum atomic E-state index is 13.9. The summed E-state index contributed by atoms with van der Waals surface area (Å²) < 4.78 is 30.3. The van der Waals surface area contributed by atoms with Gasteiger partial charge in [0.2, 0.25) is 0 Å². The minimum Gasteiger partial charge on any atom is -0.490 e. The first-order valence-electron chi connectivity index (χ1n) is 9.77. The molecule has 0 aliphatic heterocycles. The lowest BCUT2D eigenvalue weighted by atomic mass is 10.1. The van der Waals surface area contributed by atoms with Crippen molar-refractivity contribution in [2.75, 3.05) is 0 Å². The van der Waals surface area contributed by atoms with Gasteiger partial charge in [-0.3, -0.25) is 4.79 Å². The smallest absolute Gasteiger partial charge is 0.152 e. The molecular formula is C23H22FNO3S. The maximum absolute atomic E-state index is 13.9. The van der Waals surface area contributed by atoms with Crippen molar-refractivity contribution in [2.24, 2.45) is 0 Å². The number of benzene rings is 2. The van der Waals surface area contributed by atoms with Crippen LogP contribution in [0.25, 0.3) is 11.3 Å². The zero-order valence-electron chi connectivity index (χ0n) is 16.1. The minimum atomic E-state index is -0.545. The topological polar surface area (TPSA) is 48.4 Å². The van der Waals surface area contributed by atoms with E-state index in [4.69, 9.17) is 9.47 Å². The van der Waals surface area contributed by atoms with E-state index in [0.29, 0.717) is 23.6 Å². The van der Waals surface area contributed by atoms with Crippen LogP contribution in [0.5, 0.6) is 11.5 Å². The van der Waals surface area contributed by atoms with E-state index in [1.54, 1.807) is 6.07 Å². The van der Waals surface area contributed by atoms with Gasteiger partial charge in [0, 0.05) is 5.56 Å². The molecule has 0 spiro atoms. The number of carbonyl (C=O) groups excluding carboxylic acids is 1. The highest BCUT2D eigenvalue weighted by molar-refractivity contribution is 7.06. The lowest BCUT2D eigenvalue weighted by molar-refractivity contribution is 0.112. The predicted molar refractivity (Wildman–Crippen MR) is 111 cm³/mol. The van der Waals surface area contributed by atoms with Gasteiger partial charge < -0.3 is 9.47 Å². The van der Waals surface area contributed by atoms with Crippen molar-refractivity contribution in [1.29, 1.82) is 0 Å². The van der Waals surface area contributed by atoms with Gasteiger partial charge in [-0.25, -0.2) is 4.39 Å². The van der Waals surface area contributed by atoms with Crippen LogP contribution in [-0.4, -0.2) is 16.8 Å². The van der Waals surface area contributed by atoms with E-state index in [2.05, 4.69) is 4.37 Å². The second-order valence-electron chi connectivity index (χ2n) is 7.22. The van der Waals surface area contributed by atoms with E-state index in [0.717, 1.165) is 29.2 Å². The first kappa shape index (κ1) is 19.6. The Bertz CT molecular complexity index is 980. The average Bonchev–Trinajstić information content (AvgIpc) is 3.41. The second-order valence-corrected chi connectivity index (χ2v) is 8.06. The van der Waals surface area contributed by atoms with Crippen LogP contribution in [0.2, 0.25) is 0 Å². The third kappa shape index (κ3) is 4.65. The fourth-order valence-corrected chi connectivity index (χ4v) is 4.18. The predicted octanol–water partition coefficient (Wildman–Crippen LogP) is 6.22. The number of hydrogen-bond donors (Lipinski definition) is 0. The summed E-state index contributed by atoms with van der Waals surface area (Å²) in [6, 6.07) is 14.1.